The summed E-state index contributed by atoms with van der Waals surface area (Å²) in [7, 11) is 0. The largest absolute Gasteiger partial charge is 0.444 e. The number of nitrogens with one attached hydrogen (secondary N) is 3. The van der Waals surface area contributed by atoms with Gasteiger partial charge in [0, 0.05) is 24.5 Å². The monoisotopic (exact) mass is 686 g/mol. The van der Waals surface area contributed by atoms with Crippen molar-refractivity contribution in [3.8, 4) is 10.6 Å². The molecule has 1 aliphatic rings. The Morgan fingerprint density at radius 3 is 2.34 bits per heavy atom. The third kappa shape index (κ3) is 8.32. The number of piperidine rings is 1. The maximum absolute atomic E-state index is 14.7. The Bertz CT molecular complexity index is 1790. The minimum Gasteiger partial charge on any atom is -0.444 e. The molecule has 15 heteroatoms. The minimum absolute atomic E-state index is 0.0554. The van der Waals surface area contributed by atoms with E-state index >= 15 is 0 Å². The highest BCUT2D eigenvalue weighted by molar-refractivity contribution is 7.19. The van der Waals surface area contributed by atoms with Gasteiger partial charge in [0.15, 0.2) is 5.69 Å². The van der Waals surface area contributed by atoms with Crippen molar-refractivity contribution in [3.63, 3.8) is 0 Å². The fourth-order valence-electron chi connectivity index (χ4n) is 5.06. The summed E-state index contributed by atoms with van der Waals surface area (Å²) >= 11 is 2.18. The van der Waals surface area contributed by atoms with Crippen molar-refractivity contribution in [2.45, 2.75) is 71.6 Å². The van der Waals surface area contributed by atoms with Crippen molar-refractivity contribution in [1.82, 2.24) is 15.3 Å². The predicted octanol–water partition coefficient (Wildman–Crippen LogP) is 7.79. The lowest BCUT2D eigenvalue weighted by atomic mass is 10.0. The van der Waals surface area contributed by atoms with Gasteiger partial charge in [0.2, 0.25) is 0 Å². The van der Waals surface area contributed by atoms with Gasteiger partial charge in [-0.05, 0) is 78.0 Å². The number of anilines is 3. The molecule has 11 nitrogen and oxygen atoms in total. The smallest absolute Gasteiger partial charge is 0.412 e. The molecule has 0 bridgehead atoms. The summed E-state index contributed by atoms with van der Waals surface area (Å²) in [6.45, 7) is 11.5. The molecule has 1 aliphatic heterocycles. The molecule has 0 saturated carbocycles. The molecule has 3 amide bonds. The zero-order chi connectivity index (χ0) is 34.1. The first kappa shape index (κ1) is 34.0. The molecule has 4 aromatic rings. The lowest BCUT2D eigenvalue weighted by Crippen LogP contribution is -2.49. The molecule has 4 heterocycles. The number of carbonyl (C=O) groups excluding carboxylic acids is 3. The second-order valence-corrected chi connectivity index (χ2v) is 14.9. The third-order valence-electron chi connectivity index (χ3n) is 6.81. The number of hydrogen-bond acceptors (Lipinski definition) is 10. The van der Waals surface area contributed by atoms with Crippen molar-refractivity contribution in [1.29, 1.82) is 0 Å². The number of thiophene rings is 1. The molecule has 5 rings (SSSR count). The van der Waals surface area contributed by atoms with Gasteiger partial charge in [-0.25, -0.2) is 28.3 Å². The number of rotatable bonds is 6. The van der Waals surface area contributed by atoms with Gasteiger partial charge in [-0.1, -0.05) is 17.4 Å². The number of carbonyl (C=O) groups is 3. The van der Waals surface area contributed by atoms with E-state index in [0.29, 0.717) is 24.5 Å². The maximum atomic E-state index is 14.7. The number of benzene rings is 1. The van der Waals surface area contributed by atoms with Crippen LogP contribution in [0.25, 0.3) is 20.8 Å². The van der Waals surface area contributed by atoms with Gasteiger partial charge in [-0.2, -0.15) is 0 Å². The highest BCUT2D eigenvalue weighted by Gasteiger charge is 2.30. The summed E-state index contributed by atoms with van der Waals surface area (Å²) in [5.41, 5.74) is -1.14. The molecule has 47 heavy (non-hydrogen) atoms. The topological polar surface area (TPSA) is 135 Å². The van der Waals surface area contributed by atoms with Crippen LogP contribution in [0, 0.1) is 11.6 Å². The molecule has 1 saturated heterocycles. The molecular formula is C32H36F2N6O5S2. The van der Waals surface area contributed by atoms with E-state index in [2.05, 4.69) is 30.8 Å². The molecular weight excluding hydrogens is 651 g/mol. The lowest BCUT2D eigenvalue weighted by molar-refractivity contribution is 0.0499. The van der Waals surface area contributed by atoms with Gasteiger partial charge in [0.1, 0.15) is 37.7 Å². The number of nitrogens with zero attached hydrogens (tertiary/aromatic N) is 3. The van der Waals surface area contributed by atoms with Crippen LogP contribution in [0.1, 0.15) is 64.9 Å². The van der Waals surface area contributed by atoms with Gasteiger partial charge in [0.05, 0.1) is 23.1 Å². The van der Waals surface area contributed by atoms with Crippen LogP contribution in [0.3, 0.4) is 0 Å². The molecule has 250 valence electrons. The molecule has 0 aliphatic carbocycles. The zero-order valence-electron chi connectivity index (χ0n) is 26.8. The Kier molecular flexibility index (Phi) is 9.68. The summed E-state index contributed by atoms with van der Waals surface area (Å²) in [5.74, 6) is -2.49. The Morgan fingerprint density at radius 1 is 0.979 bits per heavy atom. The average molecular weight is 687 g/mol. The molecule has 0 spiro atoms. The maximum Gasteiger partial charge on any atom is 0.412 e. The van der Waals surface area contributed by atoms with Gasteiger partial charge in [0.25, 0.3) is 5.91 Å². The van der Waals surface area contributed by atoms with Gasteiger partial charge < -0.3 is 25.0 Å². The minimum atomic E-state index is -0.872. The molecule has 1 aromatic carbocycles. The number of halogens is 2. The van der Waals surface area contributed by atoms with E-state index in [1.54, 1.807) is 41.5 Å². The van der Waals surface area contributed by atoms with Crippen LogP contribution in [-0.2, 0) is 9.47 Å². The van der Waals surface area contributed by atoms with E-state index in [-0.39, 0.29) is 21.7 Å². The Hall–Kier alpha value is -4.37. The fourth-order valence-corrected chi connectivity index (χ4v) is 6.80. The molecule has 1 fully saturated rings. The standard InChI is InChI=1S/C32H36F2N6O5S2/c1-31(2,3)44-29(42)36-17-9-8-13-40(16-17)24-18-12-14-46-26(18)35-15-21(24)37-25(41)23-28(39-30(43)45-32(4,5)6)47-27(38-23)22-19(33)10-7-11-20(22)34/h7,10-12,14-15,17H,8-9,13,16H2,1-6H3,(H,36,42)(H,37,41)(H,39,43). The number of pyridine rings is 1. The number of aromatic nitrogens is 2. The van der Waals surface area contributed by atoms with E-state index < -0.39 is 46.5 Å². The number of hydrogen-bond donors (Lipinski definition) is 3. The van der Waals surface area contributed by atoms with Gasteiger partial charge >= 0.3 is 12.2 Å². The Labute approximate surface area is 278 Å². The molecule has 0 radical (unpaired) electrons. The SMILES string of the molecule is CC(C)(C)OC(=O)Nc1sc(-c2c(F)cccc2F)nc1C(=O)Nc1cnc2sccc2c1N1CCCC(NC(=O)OC(C)(C)C)C1. The highest BCUT2D eigenvalue weighted by atomic mass is 32.1. The lowest BCUT2D eigenvalue weighted by Gasteiger charge is -2.36. The van der Waals surface area contributed by atoms with Crippen molar-refractivity contribution >= 4 is 67.4 Å². The number of thiazole rings is 1. The predicted molar refractivity (Wildman–Crippen MR) is 180 cm³/mol. The van der Waals surface area contributed by atoms with Crippen LogP contribution in [0.4, 0.5) is 34.7 Å². The number of alkyl carbamates (subject to hydrolysis) is 1. The van der Waals surface area contributed by atoms with Crippen molar-refractivity contribution in [2.24, 2.45) is 0 Å². The quantitative estimate of drug-likeness (QED) is 0.187. The summed E-state index contributed by atoms with van der Waals surface area (Å²) in [6.07, 6.45) is 1.65. The van der Waals surface area contributed by atoms with E-state index in [1.807, 2.05) is 11.4 Å². The summed E-state index contributed by atoms with van der Waals surface area (Å²) in [4.78, 5) is 50.8. The van der Waals surface area contributed by atoms with E-state index in [1.165, 1.54) is 23.6 Å². The van der Waals surface area contributed by atoms with E-state index in [0.717, 1.165) is 46.5 Å². The molecule has 3 aromatic heterocycles. The second-order valence-electron chi connectivity index (χ2n) is 13.0. The van der Waals surface area contributed by atoms with Crippen LogP contribution >= 0.6 is 22.7 Å². The summed E-state index contributed by atoms with van der Waals surface area (Å²) in [6, 6.07) is 5.07. The van der Waals surface area contributed by atoms with Crippen molar-refractivity contribution in [2.75, 3.05) is 28.6 Å². The van der Waals surface area contributed by atoms with Crippen LogP contribution in [-0.4, -0.2) is 58.4 Å². The Morgan fingerprint density at radius 2 is 1.66 bits per heavy atom. The van der Waals surface area contributed by atoms with Crippen molar-refractivity contribution in [3.05, 3.63) is 53.2 Å². The van der Waals surface area contributed by atoms with Crippen LogP contribution < -0.4 is 20.9 Å². The first-order valence-electron chi connectivity index (χ1n) is 14.9. The molecule has 1 unspecified atom stereocenters. The summed E-state index contributed by atoms with van der Waals surface area (Å²) < 4.78 is 40.3. The number of ether oxygens (including phenoxy) is 2. The van der Waals surface area contributed by atoms with Crippen LogP contribution in [0.15, 0.2) is 35.8 Å². The number of fused-ring (bicyclic) bond motifs is 1. The average Bonchev–Trinajstić information content (AvgIpc) is 3.58. The highest BCUT2D eigenvalue weighted by Crippen LogP contribution is 2.39. The third-order valence-corrected chi connectivity index (χ3v) is 8.61. The van der Waals surface area contributed by atoms with Crippen LogP contribution in [0.5, 0.6) is 0 Å². The van der Waals surface area contributed by atoms with Gasteiger partial charge in [-0.3, -0.25) is 10.1 Å². The first-order chi connectivity index (χ1) is 22.1. The van der Waals surface area contributed by atoms with E-state index in [4.69, 9.17) is 9.47 Å². The zero-order valence-corrected chi connectivity index (χ0v) is 28.5. The number of amides is 3. The second kappa shape index (κ2) is 13.4. The first-order valence-corrected chi connectivity index (χ1v) is 16.6. The van der Waals surface area contributed by atoms with Gasteiger partial charge in [-0.15, -0.1) is 11.3 Å². The van der Waals surface area contributed by atoms with Crippen LogP contribution in [0.2, 0.25) is 0 Å². The molecule has 1 atom stereocenters. The Balaban J connectivity index is 1.48. The summed E-state index contributed by atoms with van der Waals surface area (Å²) in [5, 5.41) is 10.8. The van der Waals surface area contributed by atoms with Crippen molar-refractivity contribution < 1.29 is 32.6 Å². The normalized spacial score (nSPS) is 15.3. The fraction of sp³-hybridized carbons (Fsp3) is 0.406. The molecule has 3 N–H and O–H groups in total. The van der Waals surface area contributed by atoms with E-state index in [9.17, 15) is 23.2 Å².